The number of hydrogen-bond acceptors (Lipinski definition) is 0. The Balaban J connectivity index is 0. The molecule has 0 aliphatic carbocycles. The molecule has 0 heterocycles. The standard InChI is InChI=1S/C6H4F.ClH.Li.Mg.2H/c7-6-4-2-1-3-5-6;;;;;/h2-5H;1H;;;;/q;;+1;;;/p-1. The van der Waals surface area contributed by atoms with Gasteiger partial charge in [0.2, 0.25) is 0 Å². The zero-order valence-electron chi connectivity index (χ0n) is 5.07. The Morgan fingerprint density at radius 3 is 1.90 bits per heavy atom. The van der Waals surface area contributed by atoms with Crippen molar-refractivity contribution in [2.75, 3.05) is 0 Å². The molecule has 4 heteroatoms. The Bertz CT molecular complexity index is 148. The second-order valence-electron chi connectivity index (χ2n) is 1.22. The van der Waals surface area contributed by atoms with Crippen LogP contribution in [-0.2, 0) is 0 Å². The van der Waals surface area contributed by atoms with E-state index in [-0.39, 0.29) is 28.9 Å². The molecule has 1 radical (unpaired) electrons. The first-order valence-corrected chi connectivity index (χ1v) is 3.14. The van der Waals surface area contributed by atoms with Crippen LogP contribution in [0.15, 0.2) is 24.3 Å². The third-order valence-electron chi connectivity index (χ3n) is 0.678. The molecule has 0 aliphatic heterocycles. The smallest absolute Gasteiger partial charge is 0.316 e. The van der Waals surface area contributed by atoms with Crippen molar-refractivity contribution in [3.63, 3.8) is 0 Å². The van der Waals surface area contributed by atoms with E-state index in [1.807, 2.05) is 0 Å². The van der Waals surface area contributed by atoms with Crippen molar-refractivity contribution < 1.29 is 4.39 Å². The molecule has 0 saturated carbocycles. The second kappa shape index (κ2) is 9.80. The average molecular weight is 164 g/mol. The Morgan fingerprint density at radius 2 is 1.70 bits per heavy atom. The summed E-state index contributed by atoms with van der Waals surface area (Å²) in [5.74, 6) is -0.209. The molecule has 1 aromatic rings. The molecular weight excluding hydrogens is 158 g/mol. The predicted molar refractivity (Wildman–Crippen MR) is 45.4 cm³/mol. The van der Waals surface area contributed by atoms with E-state index in [1.165, 1.54) is 41.0 Å². The topological polar surface area (TPSA) is 0 Å². The Morgan fingerprint density at radius 1 is 1.30 bits per heavy atom. The molecule has 0 nitrogen and oxygen atoms in total. The van der Waals surface area contributed by atoms with Gasteiger partial charge in [0, 0.05) is 0 Å². The summed E-state index contributed by atoms with van der Waals surface area (Å²) in [6.45, 7) is 0. The predicted octanol–water partition coefficient (Wildman–Crippen LogP) is 1.02. The van der Waals surface area contributed by atoms with Crippen molar-refractivity contribution in [3.8, 4) is 0 Å². The minimum absolute atomic E-state index is 0. The second-order valence-corrected chi connectivity index (χ2v) is 1.22. The van der Waals surface area contributed by atoms with Gasteiger partial charge in [-0.15, -0.1) is 0 Å². The van der Waals surface area contributed by atoms with E-state index < -0.39 is 0 Å². The molecule has 0 spiro atoms. The number of rotatable bonds is 0. The van der Waals surface area contributed by atoms with Crippen LogP contribution < -0.4 is 0 Å². The van der Waals surface area contributed by atoms with E-state index in [0.717, 1.165) is 0 Å². The normalized spacial score (nSPS) is 6.80. The summed E-state index contributed by atoms with van der Waals surface area (Å²) in [7, 11) is 4.64. The van der Waals surface area contributed by atoms with Crippen molar-refractivity contribution in [1.82, 2.24) is 0 Å². The maximum atomic E-state index is 11.9. The summed E-state index contributed by atoms with van der Waals surface area (Å²) < 4.78 is 11.9. The summed E-state index contributed by atoms with van der Waals surface area (Å²) >= 11 is 1.47. The number of halogens is 2. The van der Waals surface area contributed by atoms with Gasteiger partial charge in [-0.2, -0.15) is 0 Å². The Labute approximate surface area is 89.6 Å². The molecule has 0 unspecified atom stereocenters. The molecule has 0 N–H and O–H groups in total. The van der Waals surface area contributed by atoms with E-state index in [9.17, 15) is 4.39 Å². The van der Waals surface area contributed by atoms with Gasteiger partial charge in [0.15, 0.2) is 0 Å². The van der Waals surface area contributed by atoms with Crippen LogP contribution in [0, 0.1) is 11.9 Å². The molecule has 1 aromatic carbocycles. The van der Waals surface area contributed by atoms with Gasteiger partial charge < -0.3 is 0 Å². The first-order chi connectivity index (χ1) is 4.39. The molecule has 0 saturated heterocycles. The summed E-state index contributed by atoms with van der Waals surface area (Å²) in [6, 6.07) is 8.49. The molecule has 0 bridgehead atoms. The third-order valence-corrected chi connectivity index (χ3v) is 0.678. The molecule has 0 amide bonds. The van der Waals surface area contributed by atoms with Gasteiger partial charge in [0.05, 0.1) is 0 Å². The van der Waals surface area contributed by atoms with Gasteiger partial charge in [-0.25, -0.2) is 4.39 Å². The van der Waals surface area contributed by atoms with Crippen LogP contribution in [0.25, 0.3) is 0 Å². The van der Waals surface area contributed by atoms with Crippen LogP contribution in [0.2, 0.25) is 0 Å². The van der Waals surface area contributed by atoms with E-state index in [0.29, 0.717) is 0 Å². The number of benzene rings is 1. The molecule has 0 aromatic heterocycles. The zero-order chi connectivity index (χ0) is 7.11. The van der Waals surface area contributed by atoms with Crippen molar-refractivity contribution in [2.45, 2.75) is 0 Å². The summed E-state index contributed by atoms with van der Waals surface area (Å²) in [5, 5.41) is 0. The first kappa shape index (κ1) is 13.4. The quantitative estimate of drug-likeness (QED) is 0.502. The number of hydrogen-bond donors (Lipinski definition) is 0. The average Bonchev–Trinajstić information content (AvgIpc) is 1.94. The van der Waals surface area contributed by atoms with Crippen LogP contribution >= 0.6 is 9.80 Å². The van der Waals surface area contributed by atoms with E-state index >= 15 is 0 Å². The third kappa shape index (κ3) is 6.92. The van der Waals surface area contributed by atoms with Crippen molar-refractivity contribution in [3.05, 3.63) is 36.1 Å². The molecule has 0 aliphatic rings. The van der Waals surface area contributed by atoms with Gasteiger partial charge >= 0.3 is 49.6 Å². The fourth-order valence-electron chi connectivity index (χ4n) is 0.367. The van der Waals surface area contributed by atoms with Crippen LogP contribution in [-0.4, -0.2) is 39.8 Å². The first-order valence-electron chi connectivity index (χ1n) is 2.39. The monoisotopic (exact) mass is 163 g/mol. The van der Waals surface area contributed by atoms with E-state index in [4.69, 9.17) is 0 Å². The van der Waals surface area contributed by atoms with E-state index in [2.05, 4.69) is 15.9 Å². The van der Waals surface area contributed by atoms with Gasteiger partial charge in [0.1, 0.15) is 5.82 Å². The molecular formula is C6H6ClFLiMg. The Hall–Kier alpha value is 0.804. The summed E-state index contributed by atoms with van der Waals surface area (Å²) in [6.07, 6.45) is 0. The van der Waals surface area contributed by atoms with Crippen molar-refractivity contribution >= 4 is 49.6 Å². The Kier molecular flexibility index (Phi) is 13.1. The van der Waals surface area contributed by atoms with Crippen LogP contribution in [0.3, 0.4) is 0 Å². The van der Waals surface area contributed by atoms with Gasteiger partial charge in [0.25, 0.3) is 0 Å². The maximum absolute atomic E-state index is 11.9. The molecule has 10 heavy (non-hydrogen) atoms. The van der Waals surface area contributed by atoms with Gasteiger partial charge in [-0.3, -0.25) is 0 Å². The zero-order valence-corrected chi connectivity index (χ0v) is 5.82. The van der Waals surface area contributed by atoms with E-state index in [1.54, 1.807) is 0 Å². The maximum Gasteiger partial charge on any atom is 0.316 e. The SMILES string of the molecule is Fc1cc[c]cc1.[Li][Cl].[MgH2]. The van der Waals surface area contributed by atoms with Crippen molar-refractivity contribution in [2.24, 2.45) is 0 Å². The van der Waals surface area contributed by atoms with Crippen molar-refractivity contribution in [1.29, 1.82) is 0 Å². The fraction of sp³-hybridized carbons (Fsp3) is 0. The van der Waals surface area contributed by atoms with Gasteiger partial charge in [-0.05, 0) is 18.2 Å². The van der Waals surface area contributed by atoms with Gasteiger partial charge in [-0.1, -0.05) is 12.1 Å². The summed E-state index contributed by atoms with van der Waals surface area (Å²) in [5.41, 5.74) is 0. The minimum atomic E-state index is -0.209. The molecule has 1 rings (SSSR count). The fourth-order valence-corrected chi connectivity index (χ4v) is 0.367. The molecule has 0 fully saturated rings. The van der Waals surface area contributed by atoms with Crippen LogP contribution in [0.1, 0.15) is 0 Å². The van der Waals surface area contributed by atoms with Crippen LogP contribution in [0.4, 0.5) is 4.39 Å². The largest absolute Gasteiger partial charge is 0.316 e. The summed E-state index contributed by atoms with van der Waals surface area (Å²) in [4.78, 5) is 0. The minimum Gasteiger partial charge on any atom is 0.316 e. The molecule has 0 atom stereocenters. The molecule has 47 valence electrons. The van der Waals surface area contributed by atoms with Crippen LogP contribution in [0.5, 0.6) is 0 Å².